The van der Waals surface area contributed by atoms with Gasteiger partial charge in [-0.1, -0.05) is 0 Å². The maximum atomic E-state index is 10.7. The number of nitrogens with two attached hydrogens (primary N) is 1. The molecule has 0 bridgehead atoms. The maximum absolute atomic E-state index is 10.7. The first kappa shape index (κ1) is 6.60. The third kappa shape index (κ3) is 1.44. The van der Waals surface area contributed by atoms with E-state index in [1.807, 2.05) is 0 Å². The number of rotatable bonds is 0. The lowest BCUT2D eigenvalue weighted by Gasteiger charge is -1.93. The van der Waals surface area contributed by atoms with Gasteiger partial charge in [-0.15, -0.1) is 0 Å². The Hall–Kier alpha value is -0.520. The number of nitrogens with zero attached hydrogens (tertiary/aromatic N) is 1. The van der Waals surface area contributed by atoms with Crippen LogP contribution in [0.25, 0.3) is 0 Å². The monoisotopic (exact) mass is 236 g/mol. The minimum Gasteiger partial charge on any atom is -0.336 e. The highest BCUT2D eigenvalue weighted by Crippen LogP contribution is 1.96. The van der Waals surface area contributed by atoms with Crippen LogP contribution in [-0.4, -0.2) is 4.68 Å². The predicted molar refractivity (Wildman–Crippen MR) is 43.6 cm³/mol. The quantitative estimate of drug-likeness (QED) is 0.515. The maximum Gasteiger partial charge on any atom is 0.269 e. The van der Waals surface area contributed by atoms with Crippen LogP contribution >= 0.6 is 22.6 Å². The first-order valence-electron chi connectivity index (χ1n) is 2.33. The summed E-state index contributed by atoms with van der Waals surface area (Å²) in [5.41, 5.74) is -0.179. The summed E-state index contributed by atoms with van der Waals surface area (Å²) in [6.07, 6.45) is 1.53. The number of aromatic nitrogens is 1. The molecule has 0 aliphatic heterocycles. The molecule has 0 saturated carbocycles. The molecule has 0 amide bonds. The third-order valence-corrected chi connectivity index (χ3v) is 1.58. The van der Waals surface area contributed by atoms with Crippen LogP contribution in [0.4, 0.5) is 0 Å². The first-order chi connectivity index (χ1) is 4.20. The summed E-state index contributed by atoms with van der Waals surface area (Å²) in [4.78, 5) is 10.7. The van der Waals surface area contributed by atoms with Crippen molar-refractivity contribution in [3.63, 3.8) is 0 Å². The molecule has 0 aliphatic rings. The molecule has 0 unspecified atom stereocenters. The Morgan fingerprint density at radius 3 is 2.78 bits per heavy atom. The van der Waals surface area contributed by atoms with Gasteiger partial charge < -0.3 is 5.84 Å². The second-order valence-corrected chi connectivity index (χ2v) is 2.84. The normalized spacial score (nSPS) is 9.44. The second kappa shape index (κ2) is 2.38. The van der Waals surface area contributed by atoms with Gasteiger partial charge in [-0.05, 0) is 28.7 Å². The van der Waals surface area contributed by atoms with Crippen LogP contribution in [0, 0.1) is 3.57 Å². The van der Waals surface area contributed by atoms with Crippen LogP contribution in [-0.2, 0) is 0 Å². The summed E-state index contributed by atoms with van der Waals surface area (Å²) in [5, 5.41) is 0. The molecule has 1 aromatic rings. The lowest BCUT2D eigenvalue weighted by atomic mass is 10.5. The number of halogens is 1. The predicted octanol–water partition coefficient (Wildman–Crippen LogP) is 0.167. The molecular weight excluding hydrogens is 231 g/mol. The molecular formula is C5H5IN2O. The van der Waals surface area contributed by atoms with E-state index in [1.165, 1.54) is 12.3 Å². The van der Waals surface area contributed by atoms with Gasteiger partial charge in [0.05, 0.1) is 0 Å². The van der Waals surface area contributed by atoms with Crippen molar-refractivity contribution in [3.8, 4) is 0 Å². The van der Waals surface area contributed by atoms with Crippen LogP contribution in [0.5, 0.6) is 0 Å². The van der Waals surface area contributed by atoms with Crippen LogP contribution in [0.2, 0.25) is 0 Å². The van der Waals surface area contributed by atoms with Gasteiger partial charge >= 0.3 is 0 Å². The Bertz CT molecular complexity index is 268. The number of hydrogen-bond donors (Lipinski definition) is 1. The van der Waals surface area contributed by atoms with E-state index in [0.29, 0.717) is 0 Å². The molecule has 3 nitrogen and oxygen atoms in total. The van der Waals surface area contributed by atoms with Crippen molar-refractivity contribution >= 4 is 22.6 Å². The highest BCUT2D eigenvalue weighted by Gasteiger charge is 1.88. The molecule has 0 radical (unpaired) electrons. The Morgan fingerprint density at radius 1 is 1.67 bits per heavy atom. The van der Waals surface area contributed by atoms with Crippen LogP contribution < -0.4 is 11.4 Å². The fourth-order valence-electron chi connectivity index (χ4n) is 0.466. The average Bonchev–Trinajstić information content (AvgIpc) is 1.80. The summed E-state index contributed by atoms with van der Waals surface area (Å²) in [6, 6.07) is 3.24. The standard InChI is InChI=1S/C5H5IN2O/c6-4-1-2-8(7)5(9)3-4/h1-3H,7H2. The van der Waals surface area contributed by atoms with Crippen molar-refractivity contribution in [1.82, 2.24) is 4.68 Å². The van der Waals surface area contributed by atoms with E-state index in [-0.39, 0.29) is 5.56 Å². The molecule has 48 valence electrons. The Balaban J connectivity index is 3.34. The Kier molecular flexibility index (Phi) is 1.75. The zero-order valence-corrected chi connectivity index (χ0v) is 6.70. The van der Waals surface area contributed by atoms with Crippen molar-refractivity contribution in [3.05, 3.63) is 32.3 Å². The van der Waals surface area contributed by atoms with Gasteiger partial charge in [-0.3, -0.25) is 4.79 Å². The number of nitrogen functional groups attached to an aromatic ring is 1. The fourth-order valence-corrected chi connectivity index (χ4v) is 0.893. The summed E-state index contributed by atoms with van der Waals surface area (Å²) >= 11 is 2.05. The van der Waals surface area contributed by atoms with E-state index in [1.54, 1.807) is 6.07 Å². The molecule has 1 rings (SSSR count). The molecule has 2 N–H and O–H groups in total. The van der Waals surface area contributed by atoms with Crippen LogP contribution in [0.3, 0.4) is 0 Å². The molecule has 0 spiro atoms. The zero-order valence-electron chi connectivity index (χ0n) is 4.54. The van der Waals surface area contributed by atoms with Crippen molar-refractivity contribution in [1.29, 1.82) is 0 Å². The fraction of sp³-hybridized carbons (Fsp3) is 0. The largest absolute Gasteiger partial charge is 0.336 e. The van der Waals surface area contributed by atoms with Gasteiger partial charge in [0, 0.05) is 15.8 Å². The molecule has 1 aromatic heterocycles. The van der Waals surface area contributed by atoms with Crippen molar-refractivity contribution in [2.75, 3.05) is 5.84 Å². The Morgan fingerprint density at radius 2 is 2.33 bits per heavy atom. The highest BCUT2D eigenvalue weighted by molar-refractivity contribution is 14.1. The lowest BCUT2D eigenvalue weighted by molar-refractivity contribution is 0.933. The lowest BCUT2D eigenvalue weighted by Crippen LogP contribution is -2.25. The van der Waals surface area contributed by atoms with Crippen molar-refractivity contribution < 1.29 is 0 Å². The molecule has 1 heterocycles. The van der Waals surface area contributed by atoms with Gasteiger partial charge in [-0.25, -0.2) is 4.68 Å². The third-order valence-electron chi connectivity index (χ3n) is 0.910. The number of hydrogen-bond acceptors (Lipinski definition) is 2. The topological polar surface area (TPSA) is 48.0 Å². The van der Waals surface area contributed by atoms with Gasteiger partial charge in [0.1, 0.15) is 0 Å². The van der Waals surface area contributed by atoms with Crippen molar-refractivity contribution in [2.45, 2.75) is 0 Å². The van der Waals surface area contributed by atoms with E-state index in [9.17, 15) is 4.79 Å². The minimum atomic E-state index is -0.179. The van der Waals surface area contributed by atoms with Gasteiger partial charge in [0.2, 0.25) is 0 Å². The number of pyridine rings is 1. The van der Waals surface area contributed by atoms with Gasteiger partial charge in [0.15, 0.2) is 0 Å². The first-order valence-corrected chi connectivity index (χ1v) is 3.41. The summed E-state index contributed by atoms with van der Waals surface area (Å²) in [7, 11) is 0. The molecule has 0 aliphatic carbocycles. The molecule has 9 heavy (non-hydrogen) atoms. The smallest absolute Gasteiger partial charge is 0.269 e. The molecule has 0 atom stereocenters. The minimum absolute atomic E-state index is 0.179. The van der Waals surface area contributed by atoms with E-state index < -0.39 is 0 Å². The van der Waals surface area contributed by atoms with E-state index in [0.717, 1.165) is 8.25 Å². The summed E-state index contributed by atoms with van der Waals surface area (Å²) < 4.78 is 1.95. The second-order valence-electron chi connectivity index (χ2n) is 1.59. The van der Waals surface area contributed by atoms with Crippen molar-refractivity contribution in [2.24, 2.45) is 0 Å². The van der Waals surface area contributed by atoms with E-state index >= 15 is 0 Å². The van der Waals surface area contributed by atoms with Gasteiger partial charge in [-0.2, -0.15) is 0 Å². The van der Waals surface area contributed by atoms with Crippen LogP contribution in [0.1, 0.15) is 0 Å². The van der Waals surface area contributed by atoms with Gasteiger partial charge in [0.25, 0.3) is 5.56 Å². The van der Waals surface area contributed by atoms with E-state index in [4.69, 9.17) is 5.84 Å². The molecule has 4 heteroatoms. The van der Waals surface area contributed by atoms with Crippen LogP contribution in [0.15, 0.2) is 23.1 Å². The zero-order chi connectivity index (χ0) is 6.85. The Labute approximate surface area is 65.6 Å². The molecule has 0 saturated heterocycles. The SMILES string of the molecule is Nn1ccc(I)cc1=O. The average molecular weight is 236 g/mol. The molecule has 0 fully saturated rings. The van der Waals surface area contributed by atoms with E-state index in [2.05, 4.69) is 22.6 Å². The summed E-state index contributed by atoms with van der Waals surface area (Å²) in [5.74, 6) is 5.19. The summed E-state index contributed by atoms with van der Waals surface area (Å²) in [6.45, 7) is 0. The molecule has 0 aromatic carbocycles. The highest BCUT2D eigenvalue weighted by atomic mass is 127.